The van der Waals surface area contributed by atoms with Crippen molar-refractivity contribution in [3.8, 4) is 0 Å². The molecule has 0 spiro atoms. The number of carbonyl (C=O) groups excluding carboxylic acids is 2. The van der Waals surface area contributed by atoms with Crippen molar-refractivity contribution in [3.05, 3.63) is 35.4 Å². The lowest BCUT2D eigenvalue weighted by molar-refractivity contribution is -0.304. The molecular weight excluding hydrogens is 196 g/mol. The van der Waals surface area contributed by atoms with E-state index in [0.29, 0.717) is 6.42 Å². The quantitative estimate of drug-likeness (QED) is 0.477. The molecule has 4 nitrogen and oxygen atoms in total. The Kier molecular flexibility index (Phi) is 2.41. The van der Waals surface area contributed by atoms with Crippen LogP contribution in [0.15, 0.2) is 24.3 Å². The Morgan fingerprint density at radius 1 is 1.33 bits per heavy atom. The van der Waals surface area contributed by atoms with Gasteiger partial charge < -0.3 is 14.6 Å². The highest BCUT2D eigenvalue weighted by Gasteiger charge is 2.25. The largest absolute Gasteiger partial charge is 0.539 e. The minimum absolute atomic E-state index is 0.438. The van der Waals surface area contributed by atoms with Gasteiger partial charge in [0.25, 0.3) is 0 Å². The Morgan fingerprint density at radius 3 is 2.80 bits per heavy atom. The third-order valence-electron chi connectivity index (χ3n) is 2.49. The van der Waals surface area contributed by atoms with Gasteiger partial charge in [-0.3, -0.25) is 0 Å². The minimum Gasteiger partial charge on any atom is -0.539 e. The normalized spacial score (nSPS) is 18.3. The topological polar surface area (TPSA) is 66.4 Å². The number of carbonyl (C=O) groups is 2. The first-order chi connectivity index (χ1) is 7.18. The van der Waals surface area contributed by atoms with E-state index in [9.17, 15) is 14.7 Å². The third-order valence-corrected chi connectivity index (χ3v) is 2.49. The van der Waals surface area contributed by atoms with Gasteiger partial charge in [-0.05, 0) is 24.0 Å². The molecule has 1 aliphatic rings. The number of aliphatic carboxylic acids is 1. The van der Waals surface area contributed by atoms with Crippen LogP contribution in [0.5, 0.6) is 0 Å². The highest BCUT2D eigenvalue weighted by Crippen LogP contribution is 2.33. The van der Waals surface area contributed by atoms with Crippen LogP contribution in [0.3, 0.4) is 0 Å². The molecule has 0 aromatic heterocycles. The second-order valence-electron chi connectivity index (χ2n) is 3.42. The van der Waals surface area contributed by atoms with E-state index in [-0.39, 0.29) is 0 Å². The summed E-state index contributed by atoms with van der Waals surface area (Å²) in [4.78, 5) is 21.0. The Labute approximate surface area is 86.5 Å². The van der Waals surface area contributed by atoms with Crippen LogP contribution >= 0.6 is 0 Å². The molecule has 0 N–H and O–H groups in total. The fourth-order valence-corrected chi connectivity index (χ4v) is 1.82. The van der Waals surface area contributed by atoms with Crippen LogP contribution < -0.4 is 5.11 Å². The molecule has 1 unspecified atom stereocenters. The molecule has 2 rings (SSSR count). The summed E-state index contributed by atoms with van der Waals surface area (Å²) in [6.07, 6.45) is 1.01. The molecule has 0 fully saturated rings. The molecule has 0 saturated carbocycles. The van der Waals surface area contributed by atoms with Crippen molar-refractivity contribution in [2.45, 2.75) is 18.9 Å². The van der Waals surface area contributed by atoms with Crippen LogP contribution in [-0.2, 0) is 20.7 Å². The molecule has 78 valence electrons. The average Bonchev–Trinajstić information content (AvgIpc) is 2.62. The highest BCUT2D eigenvalue weighted by atomic mass is 16.6. The summed E-state index contributed by atoms with van der Waals surface area (Å²) in [6, 6.07) is 7.53. The highest BCUT2D eigenvalue weighted by molar-refractivity contribution is 6.27. The van der Waals surface area contributed by atoms with Crippen molar-refractivity contribution < 1.29 is 19.4 Å². The van der Waals surface area contributed by atoms with Crippen molar-refractivity contribution in [1.29, 1.82) is 0 Å². The zero-order chi connectivity index (χ0) is 10.8. The molecule has 0 saturated heterocycles. The zero-order valence-corrected chi connectivity index (χ0v) is 7.93. The van der Waals surface area contributed by atoms with Crippen molar-refractivity contribution in [1.82, 2.24) is 0 Å². The monoisotopic (exact) mass is 205 g/mol. The molecular formula is C11H9O4-. The number of rotatable bonds is 1. The van der Waals surface area contributed by atoms with E-state index in [4.69, 9.17) is 4.74 Å². The van der Waals surface area contributed by atoms with Gasteiger partial charge in [-0.15, -0.1) is 0 Å². The summed E-state index contributed by atoms with van der Waals surface area (Å²) < 4.78 is 4.80. The number of carboxylic acid groups (broad SMARTS) is 1. The lowest BCUT2D eigenvalue weighted by Crippen LogP contribution is -2.33. The average molecular weight is 205 g/mol. The minimum atomic E-state index is -1.79. The molecule has 0 amide bonds. The number of esters is 1. The number of hydrogen-bond acceptors (Lipinski definition) is 4. The third kappa shape index (κ3) is 1.83. The fourth-order valence-electron chi connectivity index (χ4n) is 1.82. The summed E-state index contributed by atoms with van der Waals surface area (Å²) in [5.74, 6) is -3.09. The Balaban J connectivity index is 2.14. The SMILES string of the molecule is O=C([O-])C(=O)OC1CCc2ccccc21. The van der Waals surface area contributed by atoms with E-state index in [2.05, 4.69) is 0 Å². The molecule has 15 heavy (non-hydrogen) atoms. The Bertz CT molecular complexity index is 411. The summed E-state index contributed by atoms with van der Waals surface area (Å²) in [6.45, 7) is 0. The maximum atomic E-state index is 10.8. The van der Waals surface area contributed by atoms with Crippen LogP contribution in [0, 0.1) is 0 Å². The summed E-state index contributed by atoms with van der Waals surface area (Å²) >= 11 is 0. The molecule has 1 atom stereocenters. The summed E-state index contributed by atoms with van der Waals surface area (Å²) in [7, 11) is 0. The molecule has 1 aromatic rings. The van der Waals surface area contributed by atoms with Crippen molar-refractivity contribution in [2.24, 2.45) is 0 Å². The van der Waals surface area contributed by atoms with Crippen LogP contribution in [-0.4, -0.2) is 11.9 Å². The first kappa shape index (κ1) is 9.71. The van der Waals surface area contributed by atoms with Crippen LogP contribution in [0.2, 0.25) is 0 Å². The zero-order valence-electron chi connectivity index (χ0n) is 7.93. The van der Waals surface area contributed by atoms with Gasteiger partial charge in [-0.2, -0.15) is 0 Å². The van der Waals surface area contributed by atoms with Gasteiger partial charge in [0, 0.05) is 0 Å². The van der Waals surface area contributed by atoms with E-state index >= 15 is 0 Å². The maximum absolute atomic E-state index is 10.8. The predicted octanol–water partition coefficient (Wildman–Crippen LogP) is -0.0330. The lowest BCUT2D eigenvalue weighted by Gasteiger charge is -2.13. The number of ether oxygens (including phenoxy) is 1. The first-order valence-corrected chi connectivity index (χ1v) is 4.68. The number of fused-ring (bicyclic) bond motifs is 1. The van der Waals surface area contributed by atoms with E-state index in [1.165, 1.54) is 0 Å². The van der Waals surface area contributed by atoms with Crippen molar-refractivity contribution >= 4 is 11.9 Å². The maximum Gasteiger partial charge on any atom is 0.354 e. The molecule has 1 aliphatic carbocycles. The molecule has 4 heteroatoms. The van der Waals surface area contributed by atoms with Crippen molar-refractivity contribution in [2.75, 3.05) is 0 Å². The number of aryl methyl sites for hydroxylation is 1. The van der Waals surface area contributed by atoms with Crippen LogP contribution in [0.25, 0.3) is 0 Å². The lowest BCUT2D eigenvalue weighted by atomic mass is 10.1. The fraction of sp³-hybridized carbons (Fsp3) is 0.273. The molecule has 0 aliphatic heterocycles. The van der Waals surface area contributed by atoms with Crippen LogP contribution in [0.4, 0.5) is 0 Å². The van der Waals surface area contributed by atoms with E-state index < -0.39 is 18.0 Å². The number of carboxylic acids is 1. The second-order valence-corrected chi connectivity index (χ2v) is 3.42. The van der Waals surface area contributed by atoms with E-state index in [1.807, 2.05) is 24.3 Å². The second kappa shape index (κ2) is 3.73. The van der Waals surface area contributed by atoms with Gasteiger partial charge in [-0.1, -0.05) is 24.3 Å². The van der Waals surface area contributed by atoms with Gasteiger partial charge in [0.1, 0.15) is 6.10 Å². The van der Waals surface area contributed by atoms with Gasteiger partial charge in [0.2, 0.25) is 0 Å². The van der Waals surface area contributed by atoms with Gasteiger partial charge in [0.05, 0.1) is 0 Å². The smallest absolute Gasteiger partial charge is 0.354 e. The van der Waals surface area contributed by atoms with Gasteiger partial charge in [0.15, 0.2) is 5.97 Å². The summed E-state index contributed by atoms with van der Waals surface area (Å²) in [5.41, 5.74) is 2.00. The molecule has 0 radical (unpaired) electrons. The molecule has 1 aromatic carbocycles. The first-order valence-electron chi connectivity index (χ1n) is 4.68. The Morgan fingerprint density at radius 2 is 2.07 bits per heavy atom. The van der Waals surface area contributed by atoms with Gasteiger partial charge in [-0.25, -0.2) is 4.79 Å². The van der Waals surface area contributed by atoms with Crippen molar-refractivity contribution in [3.63, 3.8) is 0 Å². The molecule has 0 bridgehead atoms. The Hall–Kier alpha value is -1.84. The summed E-state index contributed by atoms with van der Waals surface area (Å²) in [5, 5.41) is 10.2. The number of benzene rings is 1. The van der Waals surface area contributed by atoms with E-state index in [1.54, 1.807) is 0 Å². The number of hydrogen-bond donors (Lipinski definition) is 0. The van der Waals surface area contributed by atoms with Gasteiger partial charge >= 0.3 is 5.97 Å². The van der Waals surface area contributed by atoms with Crippen LogP contribution in [0.1, 0.15) is 23.7 Å². The standard InChI is InChI=1S/C11H10O4/c12-10(13)11(14)15-9-6-5-7-3-1-2-4-8(7)9/h1-4,9H,5-6H2,(H,12,13)/p-1. The van der Waals surface area contributed by atoms with E-state index in [0.717, 1.165) is 17.5 Å². The molecule has 0 heterocycles. The predicted molar refractivity (Wildman–Crippen MR) is 48.6 cm³/mol.